The number of rotatable bonds is 6. The predicted molar refractivity (Wildman–Crippen MR) is 83.8 cm³/mol. The van der Waals surface area contributed by atoms with Crippen molar-refractivity contribution in [3.05, 3.63) is 23.8 Å². The molecule has 4 heteroatoms. The van der Waals surface area contributed by atoms with E-state index in [1.807, 2.05) is 6.07 Å². The van der Waals surface area contributed by atoms with E-state index in [0.29, 0.717) is 29.0 Å². The highest BCUT2D eigenvalue weighted by Gasteiger charge is 2.17. The number of methoxy groups -OCH3 is 1. The lowest BCUT2D eigenvalue weighted by Gasteiger charge is -2.25. The maximum atomic E-state index is 11.6. The third-order valence-corrected chi connectivity index (χ3v) is 3.71. The normalized spacial score (nSPS) is 11.2. The SMILES string of the molecule is COC(=O)c1cc(NCC(C(C)C)C(C)C)ccc1N. The average molecular weight is 278 g/mol. The van der Waals surface area contributed by atoms with E-state index in [2.05, 4.69) is 33.0 Å². The summed E-state index contributed by atoms with van der Waals surface area (Å²) in [5, 5.41) is 3.39. The van der Waals surface area contributed by atoms with E-state index in [4.69, 9.17) is 10.5 Å². The molecule has 0 amide bonds. The van der Waals surface area contributed by atoms with Crippen molar-refractivity contribution in [1.82, 2.24) is 0 Å². The molecule has 0 aliphatic carbocycles. The smallest absolute Gasteiger partial charge is 0.340 e. The predicted octanol–water partition coefficient (Wildman–Crippen LogP) is 3.40. The molecule has 0 unspecified atom stereocenters. The molecule has 1 aromatic rings. The Hall–Kier alpha value is -1.71. The van der Waals surface area contributed by atoms with E-state index in [1.54, 1.807) is 12.1 Å². The van der Waals surface area contributed by atoms with Crippen LogP contribution in [0.15, 0.2) is 18.2 Å². The number of carbonyl (C=O) groups excluding carboxylic acids is 1. The van der Waals surface area contributed by atoms with Gasteiger partial charge in [0.25, 0.3) is 0 Å². The molecule has 0 saturated carbocycles. The maximum absolute atomic E-state index is 11.6. The summed E-state index contributed by atoms with van der Waals surface area (Å²) in [6.07, 6.45) is 0. The van der Waals surface area contributed by atoms with Gasteiger partial charge in [0.1, 0.15) is 0 Å². The van der Waals surface area contributed by atoms with Gasteiger partial charge in [-0.2, -0.15) is 0 Å². The van der Waals surface area contributed by atoms with Gasteiger partial charge in [-0.15, -0.1) is 0 Å². The van der Waals surface area contributed by atoms with Crippen molar-refractivity contribution in [2.75, 3.05) is 24.7 Å². The van der Waals surface area contributed by atoms with Crippen LogP contribution in [0.5, 0.6) is 0 Å². The van der Waals surface area contributed by atoms with Crippen LogP contribution in [-0.2, 0) is 4.74 Å². The zero-order valence-electron chi connectivity index (χ0n) is 13.1. The topological polar surface area (TPSA) is 64.3 Å². The second-order valence-corrected chi connectivity index (χ2v) is 5.83. The summed E-state index contributed by atoms with van der Waals surface area (Å²) in [6.45, 7) is 9.80. The number of nitrogen functional groups attached to an aromatic ring is 1. The van der Waals surface area contributed by atoms with Crippen LogP contribution in [0.2, 0.25) is 0 Å². The first-order valence-corrected chi connectivity index (χ1v) is 7.08. The number of esters is 1. The molecule has 0 aliphatic rings. The second-order valence-electron chi connectivity index (χ2n) is 5.83. The number of hydrogen-bond donors (Lipinski definition) is 2. The molecule has 20 heavy (non-hydrogen) atoms. The largest absolute Gasteiger partial charge is 0.465 e. The molecule has 0 spiro atoms. The highest BCUT2D eigenvalue weighted by Crippen LogP contribution is 2.23. The summed E-state index contributed by atoms with van der Waals surface area (Å²) >= 11 is 0. The summed E-state index contributed by atoms with van der Waals surface area (Å²) in [4.78, 5) is 11.6. The Bertz CT molecular complexity index is 448. The van der Waals surface area contributed by atoms with Gasteiger partial charge in [-0.3, -0.25) is 0 Å². The lowest BCUT2D eigenvalue weighted by atomic mass is 9.85. The molecule has 0 heterocycles. The highest BCUT2D eigenvalue weighted by molar-refractivity contribution is 5.96. The van der Waals surface area contributed by atoms with Crippen molar-refractivity contribution >= 4 is 17.3 Å². The molecular formula is C16H26N2O2. The van der Waals surface area contributed by atoms with Gasteiger partial charge >= 0.3 is 5.97 Å². The van der Waals surface area contributed by atoms with Crippen LogP contribution in [0.4, 0.5) is 11.4 Å². The van der Waals surface area contributed by atoms with Crippen LogP contribution in [0.1, 0.15) is 38.1 Å². The van der Waals surface area contributed by atoms with E-state index >= 15 is 0 Å². The molecular weight excluding hydrogens is 252 g/mol. The van der Waals surface area contributed by atoms with E-state index in [9.17, 15) is 4.79 Å². The molecule has 0 aromatic heterocycles. The molecule has 4 nitrogen and oxygen atoms in total. The number of nitrogens with two attached hydrogens (primary N) is 1. The summed E-state index contributed by atoms with van der Waals surface area (Å²) in [5.74, 6) is 1.39. The lowest BCUT2D eigenvalue weighted by Crippen LogP contribution is -2.24. The minimum absolute atomic E-state index is 0.406. The van der Waals surface area contributed by atoms with E-state index < -0.39 is 5.97 Å². The van der Waals surface area contributed by atoms with Crippen LogP contribution in [0.25, 0.3) is 0 Å². The molecule has 0 radical (unpaired) electrons. The Morgan fingerprint density at radius 1 is 1.25 bits per heavy atom. The third kappa shape index (κ3) is 4.15. The van der Waals surface area contributed by atoms with Crippen LogP contribution >= 0.6 is 0 Å². The standard InChI is InChI=1S/C16H26N2O2/c1-10(2)14(11(3)4)9-18-12-6-7-15(17)13(8-12)16(19)20-5/h6-8,10-11,14,18H,9,17H2,1-5H3. The first-order valence-electron chi connectivity index (χ1n) is 7.08. The average Bonchev–Trinajstić information content (AvgIpc) is 2.39. The van der Waals surface area contributed by atoms with E-state index in [0.717, 1.165) is 12.2 Å². The minimum Gasteiger partial charge on any atom is -0.465 e. The van der Waals surface area contributed by atoms with Crippen molar-refractivity contribution in [3.8, 4) is 0 Å². The Morgan fingerprint density at radius 3 is 2.35 bits per heavy atom. The number of nitrogens with one attached hydrogen (secondary N) is 1. The number of anilines is 2. The van der Waals surface area contributed by atoms with Crippen LogP contribution in [-0.4, -0.2) is 19.6 Å². The number of carbonyl (C=O) groups is 1. The van der Waals surface area contributed by atoms with Crippen LogP contribution in [0.3, 0.4) is 0 Å². The monoisotopic (exact) mass is 278 g/mol. The molecule has 0 aliphatic heterocycles. The summed E-state index contributed by atoms with van der Waals surface area (Å²) in [5.41, 5.74) is 7.53. The summed E-state index contributed by atoms with van der Waals surface area (Å²) in [6, 6.07) is 5.37. The van der Waals surface area contributed by atoms with Gasteiger partial charge in [-0.1, -0.05) is 27.7 Å². The van der Waals surface area contributed by atoms with Gasteiger partial charge in [-0.25, -0.2) is 4.79 Å². The van der Waals surface area contributed by atoms with Gasteiger partial charge < -0.3 is 15.8 Å². The quantitative estimate of drug-likeness (QED) is 0.618. The molecule has 0 saturated heterocycles. The zero-order valence-corrected chi connectivity index (χ0v) is 13.1. The zero-order chi connectivity index (χ0) is 15.3. The van der Waals surface area contributed by atoms with E-state index in [1.165, 1.54) is 7.11 Å². The number of ether oxygens (including phenoxy) is 1. The van der Waals surface area contributed by atoms with Gasteiger partial charge in [0.05, 0.1) is 12.7 Å². The maximum Gasteiger partial charge on any atom is 0.340 e. The first-order chi connectivity index (χ1) is 9.36. The summed E-state index contributed by atoms with van der Waals surface area (Å²) in [7, 11) is 1.36. The van der Waals surface area contributed by atoms with Crippen molar-refractivity contribution in [2.45, 2.75) is 27.7 Å². The van der Waals surface area contributed by atoms with Gasteiger partial charge in [0.15, 0.2) is 0 Å². The van der Waals surface area contributed by atoms with Crippen molar-refractivity contribution in [1.29, 1.82) is 0 Å². The Morgan fingerprint density at radius 2 is 1.85 bits per heavy atom. The van der Waals surface area contributed by atoms with Gasteiger partial charge in [-0.05, 0) is 36.0 Å². The molecule has 0 bridgehead atoms. The molecule has 0 atom stereocenters. The highest BCUT2D eigenvalue weighted by atomic mass is 16.5. The second kappa shape index (κ2) is 7.17. The third-order valence-electron chi connectivity index (χ3n) is 3.71. The fourth-order valence-electron chi connectivity index (χ4n) is 2.43. The van der Waals surface area contributed by atoms with Gasteiger partial charge in [0, 0.05) is 17.9 Å². The Kier molecular flexibility index (Phi) is 5.86. The molecule has 1 aromatic carbocycles. The molecule has 1 rings (SSSR count). The fourth-order valence-corrected chi connectivity index (χ4v) is 2.43. The lowest BCUT2D eigenvalue weighted by molar-refractivity contribution is 0.0602. The van der Waals surface area contributed by atoms with Crippen LogP contribution in [0, 0.1) is 17.8 Å². The van der Waals surface area contributed by atoms with Crippen molar-refractivity contribution in [2.24, 2.45) is 17.8 Å². The Balaban J connectivity index is 2.81. The molecule has 0 fully saturated rings. The Labute approximate surface area is 121 Å². The van der Waals surface area contributed by atoms with E-state index in [-0.39, 0.29) is 0 Å². The fraction of sp³-hybridized carbons (Fsp3) is 0.562. The minimum atomic E-state index is -0.407. The molecule has 112 valence electrons. The van der Waals surface area contributed by atoms with Gasteiger partial charge in [0.2, 0.25) is 0 Å². The number of benzene rings is 1. The first kappa shape index (κ1) is 16.3. The number of hydrogen-bond acceptors (Lipinski definition) is 4. The van der Waals surface area contributed by atoms with Crippen molar-refractivity contribution < 1.29 is 9.53 Å². The van der Waals surface area contributed by atoms with Crippen LogP contribution < -0.4 is 11.1 Å². The molecule has 3 N–H and O–H groups in total. The summed E-state index contributed by atoms with van der Waals surface area (Å²) < 4.78 is 4.73. The van der Waals surface area contributed by atoms with Crippen molar-refractivity contribution in [3.63, 3.8) is 0 Å².